The average molecular weight is 322 g/mol. The van der Waals surface area contributed by atoms with Gasteiger partial charge in [0.15, 0.2) is 0 Å². The largest absolute Gasteiger partial charge is 0.478 e. The number of aliphatic carboxylic acids is 1. The molecule has 1 amide bonds. The molecular weight excluding hydrogens is 313 g/mol. The van der Waals surface area contributed by atoms with E-state index in [0.29, 0.717) is 21.5 Å². The van der Waals surface area contributed by atoms with E-state index >= 15 is 0 Å². The molecule has 0 saturated carbocycles. The summed E-state index contributed by atoms with van der Waals surface area (Å²) in [7, 11) is 0. The molecule has 5 nitrogen and oxygen atoms in total. The summed E-state index contributed by atoms with van der Waals surface area (Å²) >= 11 is 12.5. The van der Waals surface area contributed by atoms with Crippen LogP contribution in [0, 0.1) is 0 Å². The van der Waals surface area contributed by atoms with Crippen LogP contribution < -0.4 is 5.32 Å². The van der Waals surface area contributed by atoms with Crippen molar-refractivity contribution < 1.29 is 19.4 Å². The molecular formula is C11H9Cl2NO4S. The van der Waals surface area contributed by atoms with Crippen LogP contribution in [-0.4, -0.2) is 34.3 Å². The van der Waals surface area contributed by atoms with E-state index in [4.69, 9.17) is 33.0 Å². The lowest BCUT2D eigenvalue weighted by molar-refractivity contribution is -0.157. The van der Waals surface area contributed by atoms with E-state index < -0.39 is 16.8 Å². The van der Waals surface area contributed by atoms with Crippen LogP contribution in [0.25, 0.3) is 0 Å². The van der Waals surface area contributed by atoms with E-state index in [2.05, 4.69) is 5.32 Å². The number of anilines is 1. The van der Waals surface area contributed by atoms with Crippen LogP contribution in [0.3, 0.4) is 0 Å². The number of benzene rings is 1. The lowest BCUT2D eigenvalue weighted by atomic mass is 10.2. The molecule has 0 radical (unpaired) electrons. The minimum absolute atomic E-state index is 0.209. The Labute approximate surface area is 123 Å². The van der Waals surface area contributed by atoms with Crippen LogP contribution >= 0.6 is 35.0 Å². The monoisotopic (exact) mass is 321 g/mol. The molecule has 1 aromatic rings. The van der Waals surface area contributed by atoms with Gasteiger partial charge in [-0.1, -0.05) is 23.2 Å². The molecule has 1 aliphatic heterocycles. The molecule has 1 heterocycles. The highest BCUT2D eigenvalue weighted by Crippen LogP contribution is 2.35. The van der Waals surface area contributed by atoms with E-state index in [-0.39, 0.29) is 6.61 Å². The lowest BCUT2D eigenvalue weighted by Gasteiger charge is -2.21. The van der Waals surface area contributed by atoms with E-state index in [1.165, 1.54) is 18.2 Å². The number of amides is 1. The normalized spacial score (nSPS) is 22.2. The fraction of sp³-hybridized carbons (Fsp3) is 0.273. The summed E-state index contributed by atoms with van der Waals surface area (Å²) in [5.41, 5.74) is 0.319. The zero-order valence-electron chi connectivity index (χ0n) is 9.48. The van der Waals surface area contributed by atoms with Crippen molar-refractivity contribution in [3.05, 3.63) is 28.2 Å². The SMILES string of the molecule is O=C(O)C1(C(=O)Nc2cc(Cl)cc(Cl)c2)OCCS1. The van der Waals surface area contributed by atoms with Gasteiger partial charge in [-0.3, -0.25) is 4.79 Å². The zero-order chi connectivity index (χ0) is 14.0. The Kier molecular flexibility index (Phi) is 4.25. The highest BCUT2D eigenvalue weighted by Gasteiger charge is 2.51. The van der Waals surface area contributed by atoms with Gasteiger partial charge in [-0.15, -0.1) is 11.8 Å². The first-order valence-corrected chi connectivity index (χ1v) is 6.97. The molecule has 0 bridgehead atoms. The summed E-state index contributed by atoms with van der Waals surface area (Å²) in [4.78, 5) is 21.4. The van der Waals surface area contributed by atoms with Crippen molar-refractivity contribution in [1.29, 1.82) is 0 Å². The fourth-order valence-corrected chi connectivity index (χ4v) is 3.06. The number of halogens is 2. The predicted octanol–water partition coefficient (Wildman–Crippen LogP) is 2.48. The third kappa shape index (κ3) is 2.97. The Bertz CT molecular complexity index is 511. The maximum atomic E-state index is 12.1. The van der Waals surface area contributed by atoms with Crippen molar-refractivity contribution in [2.24, 2.45) is 0 Å². The molecule has 102 valence electrons. The molecule has 2 N–H and O–H groups in total. The van der Waals surface area contributed by atoms with Crippen molar-refractivity contribution in [2.45, 2.75) is 4.93 Å². The van der Waals surface area contributed by atoms with Crippen LogP contribution in [0.2, 0.25) is 10.0 Å². The van der Waals surface area contributed by atoms with Crippen molar-refractivity contribution in [1.82, 2.24) is 0 Å². The highest BCUT2D eigenvalue weighted by molar-refractivity contribution is 8.02. The maximum absolute atomic E-state index is 12.1. The summed E-state index contributed by atoms with van der Waals surface area (Å²) in [6.45, 7) is 0.209. The number of thioether (sulfide) groups is 1. The Balaban J connectivity index is 2.22. The van der Waals surface area contributed by atoms with Gasteiger partial charge in [-0.2, -0.15) is 0 Å². The van der Waals surface area contributed by atoms with E-state index in [0.717, 1.165) is 11.8 Å². The van der Waals surface area contributed by atoms with Crippen LogP contribution in [0.5, 0.6) is 0 Å². The van der Waals surface area contributed by atoms with Gasteiger partial charge < -0.3 is 15.2 Å². The molecule has 1 saturated heterocycles. The topological polar surface area (TPSA) is 75.6 Å². The summed E-state index contributed by atoms with van der Waals surface area (Å²) in [5.74, 6) is -1.66. The van der Waals surface area contributed by atoms with Crippen molar-refractivity contribution in [2.75, 3.05) is 17.7 Å². The smallest absolute Gasteiger partial charge is 0.356 e. The molecule has 1 atom stereocenters. The molecule has 1 unspecified atom stereocenters. The Hall–Kier alpha value is -0.950. The van der Waals surface area contributed by atoms with Crippen LogP contribution in [0.1, 0.15) is 0 Å². The second-order valence-electron chi connectivity index (χ2n) is 3.73. The van der Waals surface area contributed by atoms with Gasteiger partial charge in [0.2, 0.25) is 0 Å². The lowest BCUT2D eigenvalue weighted by Crippen LogP contribution is -2.46. The molecule has 0 aromatic heterocycles. The van der Waals surface area contributed by atoms with E-state index in [1.807, 2.05) is 0 Å². The molecule has 1 fully saturated rings. The summed E-state index contributed by atoms with van der Waals surface area (Å²) in [5, 5.41) is 12.3. The number of hydrogen-bond acceptors (Lipinski definition) is 4. The predicted molar refractivity (Wildman–Crippen MR) is 73.9 cm³/mol. The first kappa shape index (κ1) is 14.5. The van der Waals surface area contributed by atoms with Crippen LogP contribution in [0.4, 0.5) is 5.69 Å². The Morgan fingerprint density at radius 3 is 2.42 bits per heavy atom. The minimum Gasteiger partial charge on any atom is -0.478 e. The number of rotatable bonds is 3. The fourth-order valence-electron chi connectivity index (χ4n) is 1.60. The first-order valence-electron chi connectivity index (χ1n) is 5.23. The first-order chi connectivity index (χ1) is 8.94. The van der Waals surface area contributed by atoms with Gasteiger partial charge in [0.05, 0.1) is 6.61 Å². The second kappa shape index (κ2) is 5.58. The van der Waals surface area contributed by atoms with Gasteiger partial charge in [-0.05, 0) is 18.2 Å². The molecule has 19 heavy (non-hydrogen) atoms. The molecule has 1 aromatic carbocycles. The van der Waals surface area contributed by atoms with Gasteiger partial charge in [0.25, 0.3) is 10.8 Å². The van der Waals surface area contributed by atoms with E-state index in [1.54, 1.807) is 0 Å². The third-order valence-electron chi connectivity index (χ3n) is 2.39. The number of nitrogens with one attached hydrogen (secondary N) is 1. The van der Waals surface area contributed by atoms with Crippen molar-refractivity contribution >= 4 is 52.5 Å². The number of carboxylic acids is 1. The van der Waals surface area contributed by atoms with Crippen LogP contribution in [-0.2, 0) is 14.3 Å². The quantitative estimate of drug-likeness (QED) is 0.836. The summed E-state index contributed by atoms with van der Waals surface area (Å²) in [6, 6.07) is 4.45. The number of ether oxygens (including phenoxy) is 1. The van der Waals surface area contributed by atoms with Gasteiger partial charge in [0.1, 0.15) is 0 Å². The van der Waals surface area contributed by atoms with Gasteiger partial charge in [-0.25, -0.2) is 4.79 Å². The summed E-state index contributed by atoms with van der Waals surface area (Å²) in [6.07, 6.45) is 0. The minimum atomic E-state index is -1.91. The van der Waals surface area contributed by atoms with E-state index in [9.17, 15) is 9.59 Å². The third-order valence-corrected chi connectivity index (χ3v) is 4.09. The molecule has 0 aliphatic carbocycles. The number of carbonyl (C=O) groups excluding carboxylic acids is 1. The molecule has 1 aliphatic rings. The Morgan fingerprint density at radius 2 is 1.95 bits per heavy atom. The molecule has 8 heteroatoms. The van der Waals surface area contributed by atoms with Gasteiger partial charge >= 0.3 is 5.97 Å². The maximum Gasteiger partial charge on any atom is 0.356 e. The number of hydrogen-bond donors (Lipinski definition) is 2. The molecule has 0 spiro atoms. The summed E-state index contributed by atoms with van der Waals surface area (Å²) < 4.78 is 5.08. The standard InChI is InChI=1S/C11H9Cl2NO4S/c12-6-3-7(13)5-8(4-6)14-9(15)11(10(16)17)18-1-2-19-11/h3-5H,1-2H2,(H,14,15)(H,16,17). The molecule has 2 rings (SSSR count). The van der Waals surface area contributed by atoms with Crippen LogP contribution in [0.15, 0.2) is 18.2 Å². The van der Waals surface area contributed by atoms with Crippen molar-refractivity contribution in [3.63, 3.8) is 0 Å². The highest BCUT2D eigenvalue weighted by atomic mass is 35.5. The number of carboxylic acid groups (broad SMARTS) is 1. The Morgan fingerprint density at radius 1 is 1.32 bits per heavy atom. The average Bonchev–Trinajstić information content (AvgIpc) is 2.77. The zero-order valence-corrected chi connectivity index (χ0v) is 11.8. The van der Waals surface area contributed by atoms with Gasteiger partial charge in [0, 0.05) is 21.5 Å². The van der Waals surface area contributed by atoms with Crippen molar-refractivity contribution in [3.8, 4) is 0 Å². The number of carbonyl (C=O) groups is 2. The second-order valence-corrected chi connectivity index (χ2v) is 5.88.